The van der Waals surface area contributed by atoms with Gasteiger partial charge < -0.3 is 14.8 Å². The Kier molecular flexibility index (Phi) is 8.39. The van der Waals surface area contributed by atoms with Crippen molar-refractivity contribution < 1.29 is 9.47 Å². The largest absolute Gasteiger partial charge is 0.490 e. The number of benzene rings is 2. The molecular formula is C20H25Cl2NO2. The molecule has 0 saturated heterocycles. The molecule has 0 amide bonds. The first-order valence-electron chi connectivity index (χ1n) is 8.67. The lowest BCUT2D eigenvalue weighted by molar-refractivity contribution is 0.269. The topological polar surface area (TPSA) is 30.5 Å². The van der Waals surface area contributed by atoms with Crippen molar-refractivity contribution >= 4 is 23.2 Å². The Hall–Kier alpha value is -1.42. The number of ether oxygens (including phenoxy) is 2. The third kappa shape index (κ3) is 6.43. The predicted molar refractivity (Wildman–Crippen MR) is 105 cm³/mol. The van der Waals surface area contributed by atoms with Gasteiger partial charge in [-0.05, 0) is 55.3 Å². The molecule has 0 atom stereocenters. The Morgan fingerprint density at radius 1 is 0.880 bits per heavy atom. The van der Waals surface area contributed by atoms with Crippen molar-refractivity contribution in [1.29, 1.82) is 0 Å². The summed E-state index contributed by atoms with van der Waals surface area (Å²) in [6, 6.07) is 11.5. The molecule has 0 aliphatic heterocycles. The molecule has 25 heavy (non-hydrogen) atoms. The number of hydrogen-bond donors (Lipinski definition) is 1. The monoisotopic (exact) mass is 381 g/mol. The first-order valence-corrected chi connectivity index (χ1v) is 9.42. The molecule has 2 aromatic rings. The third-order valence-corrected chi connectivity index (χ3v) is 4.46. The second-order valence-electron chi connectivity index (χ2n) is 5.78. The zero-order valence-electron chi connectivity index (χ0n) is 14.8. The Labute approximate surface area is 160 Å². The maximum absolute atomic E-state index is 6.05. The van der Waals surface area contributed by atoms with Crippen LogP contribution in [0.2, 0.25) is 10.0 Å². The van der Waals surface area contributed by atoms with Crippen LogP contribution in [0.1, 0.15) is 37.8 Å². The highest BCUT2D eigenvalue weighted by Crippen LogP contribution is 2.30. The fourth-order valence-electron chi connectivity index (χ4n) is 2.37. The van der Waals surface area contributed by atoms with E-state index >= 15 is 0 Å². The van der Waals surface area contributed by atoms with E-state index in [0.717, 1.165) is 30.2 Å². The van der Waals surface area contributed by atoms with Crippen molar-refractivity contribution in [2.45, 2.75) is 39.8 Å². The van der Waals surface area contributed by atoms with Crippen molar-refractivity contribution in [3.63, 3.8) is 0 Å². The summed E-state index contributed by atoms with van der Waals surface area (Å²) in [6.07, 6.45) is 2.38. The van der Waals surface area contributed by atoms with E-state index in [-0.39, 0.29) is 0 Å². The molecule has 0 saturated carbocycles. The summed E-state index contributed by atoms with van der Waals surface area (Å²) in [5, 5.41) is 4.51. The average molecular weight is 382 g/mol. The average Bonchev–Trinajstić information content (AvgIpc) is 2.61. The molecule has 1 N–H and O–H groups in total. The van der Waals surface area contributed by atoms with Crippen molar-refractivity contribution in [3.8, 4) is 11.5 Å². The molecule has 2 aromatic carbocycles. The lowest BCUT2D eigenvalue weighted by Crippen LogP contribution is -2.14. The molecule has 0 bridgehead atoms. The molecular weight excluding hydrogens is 357 g/mol. The SMILES string of the molecule is CCCCNCc1ccc(OCc2ccc(Cl)c(Cl)c2)c(OCC)c1. The summed E-state index contributed by atoms with van der Waals surface area (Å²) in [6.45, 7) is 7.01. The summed E-state index contributed by atoms with van der Waals surface area (Å²) in [5.74, 6) is 1.49. The molecule has 0 aliphatic carbocycles. The van der Waals surface area contributed by atoms with Crippen molar-refractivity contribution in [2.75, 3.05) is 13.2 Å². The van der Waals surface area contributed by atoms with Crippen LogP contribution in [-0.4, -0.2) is 13.2 Å². The van der Waals surface area contributed by atoms with E-state index < -0.39 is 0 Å². The second-order valence-corrected chi connectivity index (χ2v) is 6.60. The molecule has 0 heterocycles. The van der Waals surface area contributed by atoms with Gasteiger partial charge in [0, 0.05) is 6.54 Å². The minimum absolute atomic E-state index is 0.408. The van der Waals surface area contributed by atoms with Gasteiger partial charge in [-0.2, -0.15) is 0 Å². The molecule has 0 unspecified atom stereocenters. The lowest BCUT2D eigenvalue weighted by Gasteiger charge is -2.14. The van der Waals surface area contributed by atoms with Gasteiger partial charge in [-0.25, -0.2) is 0 Å². The number of nitrogens with one attached hydrogen (secondary N) is 1. The van der Waals surface area contributed by atoms with E-state index in [1.165, 1.54) is 18.4 Å². The predicted octanol–water partition coefficient (Wildman–Crippen LogP) is 5.86. The maximum Gasteiger partial charge on any atom is 0.161 e. The van der Waals surface area contributed by atoms with Crippen LogP contribution >= 0.6 is 23.2 Å². The van der Waals surface area contributed by atoms with Gasteiger partial charge >= 0.3 is 0 Å². The van der Waals surface area contributed by atoms with Gasteiger partial charge in [-0.1, -0.05) is 48.7 Å². The van der Waals surface area contributed by atoms with Crippen molar-refractivity contribution in [2.24, 2.45) is 0 Å². The van der Waals surface area contributed by atoms with Crippen LogP contribution in [0.3, 0.4) is 0 Å². The van der Waals surface area contributed by atoms with E-state index in [9.17, 15) is 0 Å². The highest BCUT2D eigenvalue weighted by Gasteiger charge is 2.08. The number of unbranched alkanes of at least 4 members (excludes halogenated alkanes) is 1. The highest BCUT2D eigenvalue weighted by molar-refractivity contribution is 6.42. The maximum atomic E-state index is 6.05. The molecule has 0 fully saturated rings. The number of rotatable bonds is 10. The van der Waals surface area contributed by atoms with Gasteiger partial charge in [0.25, 0.3) is 0 Å². The molecule has 136 valence electrons. The summed E-state index contributed by atoms with van der Waals surface area (Å²) < 4.78 is 11.7. The fraction of sp³-hybridized carbons (Fsp3) is 0.400. The lowest BCUT2D eigenvalue weighted by atomic mass is 10.2. The van der Waals surface area contributed by atoms with Gasteiger partial charge in [0.1, 0.15) is 6.61 Å². The molecule has 0 aromatic heterocycles. The van der Waals surface area contributed by atoms with Crippen LogP contribution < -0.4 is 14.8 Å². The van der Waals surface area contributed by atoms with Crippen LogP contribution in [-0.2, 0) is 13.2 Å². The summed E-state index contributed by atoms with van der Waals surface area (Å²) >= 11 is 12.0. The Morgan fingerprint density at radius 3 is 2.40 bits per heavy atom. The van der Waals surface area contributed by atoms with Crippen molar-refractivity contribution in [1.82, 2.24) is 5.32 Å². The number of hydrogen-bond acceptors (Lipinski definition) is 3. The highest BCUT2D eigenvalue weighted by atomic mass is 35.5. The molecule has 5 heteroatoms. The summed E-state index contributed by atoms with van der Waals surface area (Å²) in [7, 11) is 0. The van der Waals surface area contributed by atoms with Gasteiger partial charge in [-0.15, -0.1) is 0 Å². The summed E-state index contributed by atoms with van der Waals surface area (Å²) in [5.41, 5.74) is 2.14. The van der Waals surface area contributed by atoms with Gasteiger partial charge in [0.2, 0.25) is 0 Å². The minimum atomic E-state index is 0.408. The van der Waals surface area contributed by atoms with Gasteiger partial charge in [-0.3, -0.25) is 0 Å². The molecule has 0 spiro atoms. The van der Waals surface area contributed by atoms with Crippen molar-refractivity contribution in [3.05, 3.63) is 57.6 Å². The van der Waals surface area contributed by atoms with E-state index in [1.807, 2.05) is 31.2 Å². The van der Waals surface area contributed by atoms with Crippen LogP contribution in [0.4, 0.5) is 0 Å². The quantitative estimate of drug-likeness (QED) is 0.522. The van der Waals surface area contributed by atoms with E-state index in [2.05, 4.69) is 18.3 Å². The van der Waals surface area contributed by atoms with E-state index in [4.69, 9.17) is 32.7 Å². The smallest absolute Gasteiger partial charge is 0.161 e. The van der Waals surface area contributed by atoms with Crippen LogP contribution in [0.5, 0.6) is 11.5 Å². The zero-order chi connectivity index (χ0) is 18.1. The molecule has 0 aliphatic rings. The fourth-order valence-corrected chi connectivity index (χ4v) is 2.70. The standard InChI is InChI=1S/C20H25Cl2NO2/c1-3-5-10-23-13-15-7-9-19(20(12-15)24-4-2)25-14-16-6-8-17(21)18(22)11-16/h6-9,11-12,23H,3-5,10,13-14H2,1-2H3. The Morgan fingerprint density at radius 2 is 1.68 bits per heavy atom. The van der Waals surface area contributed by atoms with E-state index in [1.54, 1.807) is 6.07 Å². The zero-order valence-corrected chi connectivity index (χ0v) is 16.3. The Bertz CT molecular complexity index is 677. The second kappa shape index (κ2) is 10.5. The molecule has 0 radical (unpaired) electrons. The Balaban J connectivity index is 2.01. The summed E-state index contributed by atoms with van der Waals surface area (Å²) in [4.78, 5) is 0. The van der Waals surface area contributed by atoms with Crippen LogP contribution in [0.25, 0.3) is 0 Å². The minimum Gasteiger partial charge on any atom is -0.490 e. The number of halogens is 2. The first kappa shape index (κ1) is 19.9. The van der Waals surface area contributed by atoms with Gasteiger partial charge in [0.15, 0.2) is 11.5 Å². The first-order chi connectivity index (χ1) is 12.1. The third-order valence-electron chi connectivity index (χ3n) is 3.72. The normalized spacial score (nSPS) is 10.7. The van der Waals surface area contributed by atoms with Crippen LogP contribution in [0, 0.1) is 0 Å². The molecule has 2 rings (SSSR count). The molecule has 3 nitrogen and oxygen atoms in total. The van der Waals surface area contributed by atoms with Gasteiger partial charge in [0.05, 0.1) is 16.7 Å². The van der Waals surface area contributed by atoms with E-state index in [0.29, 0.717) is 23.3 Å². The van der Waals surface area contributed by atoms with Crippen LogP contribution in [0.15, 0.2) is 36.4 Å².